The van der Waals surface area contributed by atoms with Crippen molar-refractivity contribution in [3.05, 3.63) is 47.7 Å². The summed E-state index contributed by atoms with van der Waals surface area (Å²) in [6.45, 7) is 0. The lowest BCUT2D eigenvalue weighted by molar-refractivity contribution is 0.303. The van der Waals surface area contributed by atoms with Crippen LogP contribution in [0.3, 0.4) is 0 Å². The minimum absolute atomic E-state index is 0.224. The Hall–Kier alpha value is -2.18. The molecule has 1 atom stereocenters. The Morgan fingerprint density at radius 3 is 2.43 bits per heavy atom. The summed E-state index contributed by atoms with van der Waals surface area (Å²) in [7, 11) is 1.56. The zero-order valence-corrected chi connectivity index (χ0v) is 11.8. The number of rotatable bonds is 6. The average molecular weight is 286 g/mol. The molecule has 1 aliphatic rings. The molecular formula is C15H18N4O2. The van der Waals surface area contributed by atoms with E-state index in [-0.39, 0.29) is 6.04 Å². The molecule has 1 saturated carbocycles. The first kappa shape index (κ1) is 13.8. The first-order chi connectivity index (χ1) is 10.3. The van der Waals surface area contributed by atoms with Gasteiger partial charge >= 0.3 is 0 Å². The molecule has 0 bridgehead atoms. The van der Waals surface area contributed by atoms with E-state index < -0.39 is 0 Å². The number of aromatic nitrogens is 2. The number of nitrogens with zero attached hydrogens (tertiary/aromatic N) is 2. The van der Waals surface area contributed by atoms with Crippen LogP contribution >= 0.6 is 0 Å². The van der Waals surface area contributed by atoms with Gasteiger partial charge in [-0.05, 0) is 36.6 Å². The third-order valence-electron chi connectivity index (χ3n) is 3.37. The number of hydrogen-bond donors (Lipinski definition) is 2. The van der Waals surface area contributed by atoms with Crippen molar-refractivity contribution < 1.29 is 9.47 Å². The van der Waals surface area contributed by atoms with Gasteiger partial charge in [-0.15, -0.1) is 10.2 Å². The van der Waals surface area contributed by atoms with Gasteiger partial charge in [0.2, 0.25) is 5.88 Å². The molecule has 1 aliphatic carbocycles. The number of nitrogens with one attached hydrogen (secondary N) is 1. The molecule has 3 rings (SSSR count). The van der Waals surface area contributed by atoms with Crippen LogP contribution in [0.15, 0.2) is 36.4 Å². The SMILES string of the molecule is COc1ccc(C(NN)c2ccc(OC3CC3)cc2)nn1. The first-order valence-corrected chi connectivity index (χ1v) is 6.90. The Balaban J connectivity index is 1.77. The highest BCUT2D eigenvalue weighted by molar-refractivity contribution is 5.33. The van der Waals surface area contributed by atoms with Crippen molar-refractivity contribution in [1.82, 2.24) is 15.6 Å². The van der Waals surface area contributed by atoms with Crippen LogP contribution in [0, 0.1) is 0 Å². The number of benzene rings is 1. The van der Waals surface area contributed by atoms with Crippen molar-refractivity contribution in [1.29, 1.82) is 0 Å². The van der Waals surface area contributed by atoms with Crippen LogP contribution in [-0.2, 0) is 0 Å². The fraction of sp³-hybridized carbons (Fsp3) is 0.333. The minimum atomic E-state index is -0.224. The number of methoxy groups -OCH3 is 1. The molecule has 110 valence electrons. The van der Waals surface area contributed by atoms with Crippen LogP contribution in [0.2, 0.25) is 0 Å². The quantitative estimate of drug-likeness (QED) is 0.620. The van der Waals surface area contributed by atoms with Crippen LogP contribution in [0.25, 0.3) is 0 Å². The second-order valence-corrected chi connectivity index (χ2v) is 4.99. The second kappa shape index (κ2) is 6.07. The molecule has 2 aromatic rings. The predicted octanol–water partition coefficient (Wildman–Crippen LogP) is 1.58. The number of hydrazine groups is 1. The normalized spacial score (nSPS) is 15.5. The van der Waals surface area contributed by atoms with Crippen LogP contribution in [0.4, 0.5) is 0 Å². The Kier molecular flexibility index (Phi) is 3.98. The highest BCUT2D eigenvalue weighted by Gasteiger charge is 2.23. The van der Waals surface area contributed by atoms with Gasteiger partial charge in [-0.1, -0.05) is 12.1 Å². The third kappa shape index (κ3) is 3.29. The van der Waals surface area contributed by atoms with E-state index in [1.807, 2.05) is 30.3 Å². The summed E-state index contributed by atoms with van der Waals surface area (Å²) in [4.78, 5) is 0. The summed E-state index contributed by atoms with van der Waals surface area (Å²) >= 11 is 0. The first-order valence-electron chi connectivity index (χ1n) is 6.90. The predicted molar refractivity (Wildman–Crippen MR) is 77.8 cm³/mol. The summed E-state index contributed by atoms with van der Waals surface area (Å²) in [6, 6.07) is 11.2. The molecular weight excluding hydrogens is 268 g/mol. The maximum atomic E-state index is 5.73. The van der Waals surface area contributed by atoms with Gasteiger partial charge in [0.05, 0.1) is 24.9 Å². The van der Waals surface area contributed by atoms with Crippen molar-refractivity contribution in [3.63, 3.8) is 0 Å². The highest BCUT2D eigenvalue weighted by Crippen LogP contribution is 2.28. The van der Waals surface area contributed by atoms with Gasteiger partial charge < -0.3 is 9.47 Å². The fourth-order valence-electron chi connectivity index (χ4n) is 2.06. The minimum Gasteiger partial charge on any atom is -0.490 e. The monoisotopic (exact) mass is 286 g/mol. The van der Waals surface area contributed by atoms with E-state index in [1.54, 1.807) is 13.2 Å². The third-order valence-corrected chi connectivity index (χ3v) is 3.37. The molecule has 3 N–H and O–H groups in total. The number of nitrogens with two attached hydrogens (primary N) is 1. The Labute approximate surface area is 123 Å². The van der Waals surface area contributed by atoms with Crippen LogP contribution < -0.4 is 20.7 Å². The molecule has 0 radical (unpaired) electrons. The lowest BCUT2D eigenvalue weighted by atomic mass is 10.0. The maximum absolute atomic E-state index is 5.73. The summed E-state index contributed by atoms with van der Waals surface area (Å²) in [5.41, 5.74) is 4.49. The van der Waals surface area contributed by atoms with Crippen molar-refractivity contribution in [2.24, 2.45) is 5.84 Å². The molecule has 0 spiro atoms. The van der Waals surface area contributed by atoms with Crippen molar-refractivity contribution in [2.75, 3.05) is 7.11 Å². The van der Waals surface area contributed by atoms with Crippen molar-refractivity contribution in [3.8, 4) is 11.6 Å². The van der Waals surface area contributed by atoms with E-state index in [0.717, 1.165) is 29.8 Å². The molecule has 1 fully saturated rings. The second-order valence-electron chi connectivity index (χ2n) is 4.99. The standard InChI is InChI=1S/C15H18N4O2/c1-20-14-9-8-13(18-19-14)15(17-16)10-2-4-11(5-3-10)21-12-6-7-12/h2-5,8-9,12,15,17H,6-7,16H2,1H3. The molecule has 1 aromatic carbocycles. The van der Waals surface area contributed by atoms with E-state index in [0.29, 0.717) is 12.0 Å². The van der Waals surface area contributed by atoms with Gasteiger partial charge in [-0.2, -0.15) is 0 Å². The van der Waals surface area contributed by atoms with Gasteiger partial charge in [0.15, 0.2) is 0 Å². The molecule has 21 heavy (non-hydrogen) atoms. The van der Waals surface area contributed by atoms with Crippen molar-refractivity contribution in [2.45, 2.75) is 25.0 Å². The van der Waals surface area contributed by atoms with Gasteiger partial charge in [0, 0.05) is 6.07 Å². The Morgan fingerprint density at radius 1 is 1.14 bits per heavy atom. The van der Waals surface area contributed by atoms with Crippen LogP contribution in [0.5, 0.6) is 11.6 Å². The smallest absolute Gasteiger partial charge is 0.233 e. The molecule has 0 saturated heterocycles. The number of ether oxygens (including phenoxy) is 2. The lowest BCUT2D eigenvalue weighted by Crippen LogP contribution is -2.29. The largest absolute Gasteiger partial charge is 0.490 e. The Morgan fingerprint density at radius 2 is 1.90 bits per heavy atom. The van der Waals surface area contributed by atoms with Gasteiger partial charge in [0.25, 0.3) is 0 Å². The maximum Gasteiger partial charge on any atom is 0.233 e. The summed E-state index contributed by atoms with van der Waals surface area (Å²) in [6.07, 6.45) is 2.69. The van der Waals surface area contributed by atoms with Crippen LogP contribution in [-0.4, -0.2) is 23.4 Å². The fourth-order valence-corrected chi connectivity index (χ4v) is 2.06. The zero-order chi connectivity index (χ0) is 14.7. The molecule has 0 aliphatic heterocycles. The number of hydrogen-bond acceptors (Lipinski definition) is 6. The lowest BCUT2D eigenvalue weighted by Gasteiger charge is -2.16. The van der Waals surface area contributed by atoms with Crippen molar-refractivity contribution >= 4 is 0 Å². The summed E-state index contributed by atoms with van der Waals surface area (Å²) in [5.74, 6) is 7.02. The Bertz CT molecular complexity index is 582. The average Bonchev–Trinajstić information content (AvgIpc) is 3.34. The van der Waals surface area contributed by atoms with Gasteiger partial charge in [0.1, 0.15) is 5.75 Å². The molecule has 0 amide bonds. The summed E-state index contributed by atoms with van der Waals surface area (Å²) < 4.78 is 10.7. The van der Waals surface area contributed by atoms with Crippen LogP contribution in [0.1, 0.15) is 30.1 Å². The topological polar surface area (TPSA) is 82.3 Å². The van der Waals surface area contributed by atoms with E-state index in [9.17, 15) is 0 Å². The van der Waals surface area contributed by atoms with Gasteiger partial charge in [-0.3, -0.25) is 5.84 Å². The van der Waals surface area contributed by atoms with Gasteiger partial charge in [-0.25, -0.2) is 5.43 Å². The molecule has 1 aromatic heterocycles. The van der Waals surface area contributed by atoms with E-state index in [4.69, 9.17) is 15.3 Å². The molecule has 1 unspecified atom stereocenters. The molecule has 1 heterocycles. The molecule has 6 nitrogen and oxygen atoms in total. The van der Waals surface area contributed by atoms with E-state index >= 15 is 0 Å². The van der Waals surface area contributed by atoms with E-state index in [1.165, 1.54) is 0 Å². The van der Waals surface area contributed by atoms with E-state index in [2.05, 4.69) is 15.6 Å². The highest BCUT2D eigenvalue weighted by atomic mass is 16.5. The zero-order valence-electron chi connectivity index (χ0n) is 11.8. The molecule has 6 heteroatoms. The summed E-state index contributed by atoms with van der Waals surface area (Å²) in [5, 5.41) is 8.09.